The van der Waals surface area contributed by atoms with E-state index in [1.165, 1.54) is 24.3 Å². The molecule has 0 aromatic heterocycles. The first kappa shape index (κ1) is 16.4. The summed E-state index contributed by atoms with van der Waals surface area (Å²) in [7, 11) is 0. The van der Waals surface area contributed by atoms with E-state index in [-0.39, 0.29) is 24.9 Å². The first-order chi connectivity index (χ1) is 12.6. The maximum Gasteiger partial charge on any atom is 0.325 e. The van der Waals surface area contributed by atoms with Gasteiger partial charge in [0.15, 0.2) is 5.54 Å². The molecule has 3 amide bonds. The van der Waals surface area contributed by atoms with E-state index in [2.05, 4.69) is 5.32 Å². The van der Waals surface area contributed by atoms with Crippen LogP contribution in [0.5, 0.6) is 11.5 Å². The minimum absolute atomic E-state index is 0.104. The van der Waals surface area contributed by atoms with Crippen molar-refractivity contribution in [3.05, 3.63) is 59.9 Å². The Kier molecular flexibility index (Phi) is 3.99. The van der Waals surface area contributed by atoms with Crippen molar-refractivity contribution in [3.8, 4) is 11.5 Å². The number of carbonyl (C=O) groups is 2. The van der Waals surface area contributed by atoms with Crippen LogP contribution in [0.1, 0.15) is 12.0 Å². The van der Waals surface area contributed by atoms with Gasteiger partial charge in [0.1, 0.15) is 23.9 Å². The monoisotopic (exact) mass is 356 g/mol. The lowest BCUT2D eigenvalue weighted by Gasteiger charge is -2.33. The molecule has 2 aliphatic heterocycles. The van der Waals surface area contributed by atoms with Gasteiger partial charge in [-0.05, 0) is 30.3 Å². The van der Waals surface area contributed by atoms with Gasteiger partial charge in [0, 0.05) is 12.0 Å². The minimum Gasteiger partial charge on any atom is -0.493 e. The summed E-state index contributed by atoms with van der Waals surface area (Å²) >= 11 is 0. The van der Waals surface area contributed by atoms with Crippen molar-refractivity contribution in [1.29, 1.82) is 0 Å². The summed E-state index contributed by atoms with van der Waals surface area (Å²) in [5.74, 6) is 0.425. The van der Waals surface area contributed by atoms with E-state index in [1.54, 1.807) is 12.1 Å². The lowest BCUT2D eigenvalue weighted by Crippen LogP contribution is -2.47. The molecule has 1 N–H and O–H groups in total. The Bertz CT molecular complexity index is 855. The van der Waals surface area contributed by atoms with E-state index in [9.17, 15) is 14.0 Å². The third-order valence-electron chi connectivity index (χ3n) is 4.65. The Hall–Kier alpha value is -3.09. The van der Waals surface area contributed by atoms with Crippen LogP contribution in [0.25, 0.3) is 0 Å². The standard InChI is InChI=1S/C19H17FN2O4/c20-13-5-7-14(8-6-13)25-12-10-22-17(23)19(21-18(22)24)9-11-26-16-4-2-1-3-15(16)19/h1-8H,9-12H2,(H,21,24)/t19-/m0/s1. The van der Waals surface area contributed by atoms with Gasteiger partial charge in [-0.1, -0.05) is 18.2 Å². The highest BCUT2D eigenvalue weighted by Crippen LogP contribution is 2.40. The number of hydrogen-bond acceptors (Lipinski definition) is 4. The second kappa shape index (κ2) is 6.33. The molecule has 26 heavy (non-hydrogen) atoms. The second-order valence-corrected chi connectivity index (χ2v) is 6.19. The molecule has 0 radical (unpaired) electrons. The molecular formula is C19H17FN2O4. The fourth-order valence-electron chi connectivity index (χ4n) is 3.36. The predicted octanol–water partition coefficient (Wildman–Crippen LogP) is 2.43. The average molecular weight is 356 g/mol. The third-order valence-corrected chi connectivity index (χ3v) is 4.65. The van der Waals surface area contributed by atoms with Crippen LogP contribution in [-0.4, -0.2) is 36.6 Å². The highest BCUT2D eigenvalue weighted by atomic mass is 19.1. The van der Waals surface area contributed by atoms with Crippen molar-refractivity contribution in [3.63, 3.8) is 0 Å². The van der Waals surface area contributed by atoms with Gasteiger partial charge in [0.2, 0.25) is 0 Å². The Morgan fingerprint density at radius 3 is 2.73 bits per heavy atom. The summed E-state index contributed by atoms with van der Waals surface area (Å²) in [6.45, 7) is 0.578. The Balaban J connectivity index is 1.49. The molecule has 1 spiro atoms. The first-order valence-electron chi connectivity index (χ1n) is 8.35. The fourth-order valence-corrected chi connectivity index (χ4v) is 3.36. The molecule has 0 aliphatic carbocycles. The molecule has 134 valence electrons. The number of benzene rings is 2. The Labute approximate surface area is 149 Å². The van der Waals surface area contributed by atoms with Crippen LogP contribution < -0.4 is 14.8 Å². The maximum atomic E-state index is 13.0. The molecular weight excluding hydrogens is 339 g/mol. The van der Waals surface area contributed by atoms with Crippen LogP contribution in [0, 0.1) is 5.82 Å². The van der Waals surface area contributed by atoms with E-state index in [4.69, 9.17) is 9.47 Å². The number of rotatable bonds is 4. The summed E-state index contributed by atoms with van der Waals surface area (Å²) in [4.78, 5) is 26.6. The summed E-state index contributed by atoms with van der Waals surface area (Å²) in [6, 6.07) is 12.3. The van der Waals surface area contributed by atoms with Crippen molar-refractivity contribution < 1.29 is 23.5 Å². The zero-order valence-corrected chi connectivity index (χ0v) is 13.9. The van der Waals surface area contributed by atoms with Crippen molar-refractivity contribution in [2.24, 2.45) is 0 Å². The van der Waals surface area contributed by atoms with Gasteiger partial charge in [-0.25, -0.2) is 9.18 Å². The summed E-state index contributed by atoms with van der Waals surface area (Å²) in [5, 5.41) is 2.83. The topological polar surface area (TPSA) is 67.9 Å². The molecule has 7 heteroatoms. The van der Waals surface area contributed by atoms with E-state index in [0.717, 1.165) is 4.90 Å². The molecule has 2 heterocycles. The van der Waals surface area contributed by atoms with Crippen molar-refractivity contribution in [2.45, 2.75) is 12.0 Å². The highest BCUT2D eigenvalue weighted by molar-refractivity contribution is 6.07. The highest BCUT2D eigenvalue weighted by Gasteiger charge is 2.54. The number of halogens is 1. The van der Waals surface area contributed by atoms with Gasteiger partial charge in [0.25, 0.3) is 5.91 Å². The average Bonchev–Trinajstić information content (AvgIpc) is 2.88. The number of carbonyl (C=O) groups excluding carboxylic acids is 2. The molecule has 0 unspecified atom stereocenters. The number of hydrogen-bond donors (Lipinski definition) is 1. The quantitative estimate of drug-likeness (QED) is 0.855. The maximum absolute atomic E-state index is 13.0. The number of urea groups is 1. The predicted molar refractivity (Wildman–Crippen MR) is 90.4 cm³/mol. The molecule has 2 aliphatic rings. The van der Waals surface area contributed by atoms with E-state index >= 15 is 0 Å². The number of amides is 3. The van der Waals surface area contributed by atoms with Crippen molar-refractivity contribution in [1.82, 2.24) is 10.2 Å². The largest absolute Gasteiger partial charge is 0.493 e. The van der Waals surface area contributed by atoms with Crippen LogP contribution in [0.4, 0.5) is 9.18 Å². The molecule has 1 fully saturated rings. The smallest absolute Gasteiger partial charge is 0.325 e. The van der Waals surface area contributed by atoms with Crippen LogP contribution in [-0.2, 0) is 10.3 Å². The normalized spacial score (nSPS) is 21.3. The number of para-hydroxylation sites is 1. The van der Waals surface area contributed by atoms with Crippen LogP contribution in [0.15, 0.2) is 48.5 Å². The number of nitrogens with one attached hydrogen (secondary N) is 1. The van der Waals surface area contributed by atoms with E-state index < -0.39 is 11.6 Å². The first-order valence-corrected chi connectivity index (χ1v) is 8.35. The van der Waals surface area contributed by atoms with Gasteiger partial charge >= 0.3 is 6.03 Å². The third kappa shape index (κ3) is 2.65. The minimum atomic E-state index is -1.08. The van der Waals surface area contributed by atoms with Gasteiger partial charge in [-0.15, -0.1) is 0 Å². The molecule has 0 bridgehead atoms. The van der Waals surface area contributed by atoms with Crippen molar-refractivity contribution >= 4 is 11.9 Å². The number of fused-ring (bicyclic) bond motifs is 2. The molecule has 0 saturated carbocycles. The second-order valence-electron chi connectivity index (χ2n) is 6.19. The van der Waals surface area contributed by atoms with Crippen LogP contribution in [0.3, 0.4) is 0 Å². The fraction of sp³-hybridized carbons (Fsp3) is 0.263. The lowest BCUT2D eigenvalue weighted by molar-refractivity contribution is -0.132. The molecule has 6 nitrogen and oxygen atoms in total. The number of nitrogens with zero attached hydrogens (tertiary/aromatic N) is 1. The molecule has 4 rings (SSSR count). The zero-order valence-electron chi connectivity index (χ0n) is 13.9. The molecule has 1 atom stereocenters. The van der Waals surface area contributed by atoms with Crippen molar-refractivity contribution in [2.75, 3.05) is 19.8 Å². The summed E-state index contributed by atoms with van der Waals surface area (Å²) in [5.41, 5.74) is -0.409. The van der Waals surface area contributed by atoms with Crippen LogP contribution in [0.2, 0.25) is 0 Å². The van der Waals surface area contributed by atoms with Crippen LogP contribution >= 0.6 is 0 Å². The molecule has 1 saturated heterocycles. The number of ether oxygens (including phenoxy) is 2. The Morgan fingerprint density at radius 2 is 1.92 bits per heavy atom. The zero-order chi connectivity index (χ0) is 18.1. The molecule has 2 aromatic rings. The Morgan fingerprint density at radius 1 is 1.15 bits per heavy atom. The van der Waals surface area contributed by atoms with Gasteiger partial charge in [-0.2, -0.15) is 0 Å². The number of imide groups is 1. The molecule has 2 aromatic carbocycles. The van der Waals surface area contributed by atoms with Gasteiger partial charge in [-0.3, -0.25) is 9.69 Å². The van der Waals surface area contributed by atoms with E-state index in [0.29, 0.717) is 30.1 Å². The summed E-state index contributed by atoms with van der Waals surface area (Å²) < 4.78 is 24.0. The van der Waals surface area contributed by atoms with Gasteiger partial charge < -0.3 is 14.8 Å². The van der Waals surface area contributed by atoms with E-state index in [1.807, 2.05) is 12.1 Å². The summed E-state index contributed by atoms with van der Waals surface area (Å²) in [6.07, 6.45) is 0.379. The van der Waals surface area contributed by atoms with Gasteiger partial charge in [0.05, 0.1) is 13.2 Å². The lowest BCUT2D eigenvalue weighted by atomic mass is 9.84. The SMILES string of the molecule is O=C1N[C@]2(CCOc3ccccc32)C(=O)N1CCOc1ccc(F)cc1.